The number of allylic oxidation sites excluding steroid dienone is 1. The summed E-state index contributed by atoms with van der Waals surface area (Å²) in [5.41, 5.74) is 8.04. The third-order valence-corrected chi connectivity index (χ3v) is 4.13. The summed E-state index contributed by atoms with van der Waals surface area (Å²) in [5, 5.41) is 19.8. The van der Waals surface area contributed by atoms with Crippen molar-refractivity contribution < 1.29 is 19.3 Å². The van der Waals surface area contributed by atoms with Crippen molar-refractivity contribution in [2.24, 2.45) is 5.73 Å². The van der Waals surface area contributed by atoms with Crippen molar-refractivity contribution in [2.75, 3.05) is 14.2 Å². The van der Waals surface area contributed by atoms with Crippen molar-refractivity contribution in [3.63, 3.8) is 0 Å². The molecule has 1 aromatic heterocycles. The van der Waals surface area contributed by atoms with E-state index < -0.39 is 5.92 Å². The van der Waals surface area contributed by atoms with Crippen LogP contribution in [0.1, 0.15) is 17.0 Å². The molecule has 1 aliphatic heterocycles. The SMILES string of the molecule is Bc1cc(C2C(C#N)=C(N)Oc3ccnc(O)c32)cc(OC)c1OC. The second kappa shape index (κ2) is 6.28. The summed E-state index contributed by atoms with van der Waals surface area (Å²) in [5.74, 6) is 0.643. The normalized spacial score (nSPS) is 15.8. The van der Waals surface area contributed by atoms with Crippen molar-refractivity contribution in [2.45, 2.75) is 5.92 Å². The molecular formula is C17H16BN3O4. The molecule has 0 fully saturated rings. The van der Waals surface area contributed by atoms with Crippen LogP contribution in [0.25, 0.3) is 0 Å². The summed E-state index contributed by atoms with van der Waals surface area (Å²) >= 11 is 0. The number of nitrogens with zero attached hydrogens (tertiary/aromatic N) is 2. The number of nitriles is 1. The maximum absolute atomic E-state index is 10.3. The van der Waals surface area contributed by atoms with Gasteiger partial charge >= 0.3 is 0 Å². The molecule has 2 aromatic rings. The zero-order valence-electron chi connectivity index (χ0n) is 14.0. The summed E-state index contributed by atoms with van der Waals surface area (Å²) in [6.45, 7) is 0. The number of ether oxygens (including phenoxy) is 3. The second-order valence-corrected chi connectivity index (χ2v) is 5.54. The van der Waals surface area contributed by atoms with Crippen molar-refractivity contribution in [3.8, 4) is 29.2 Å². The Hall–Kier alpha value is -3.34. The number of pyridine rings is 1. The molecule has 0 radical (unpaired) electrons. The summed E-state index contributed by atoms with van der Waals surface area (Å²) in [7, 11) is 4.96. The van der Waals surface area contributed by atoms with Gasteiger partial charge in [0.1, 0.15) is 25.2 Å². The van der Waals surface area contributed by atoms with Crippen molar-refractivity contribution in [1.82, 2.24) is 4.98 Å². The van der Waals surface area contributed by atoms with Gasteiger partial charge in [-0.05, 0) is 23.2 Å². The summed E-state index contributed by atoms with van der Waals surface area (Å²) in [4.78, 5) is 3.91. The van der Waals surface area contributed by atoms with Crippen LogP contribution in [0.4, 0.5) is 0 Å². The molecule has 0 saturated heterocycles. The van der Waals surface area contributed by atoms with Crippen LogP contribution in [-0.2, 0) is 0 Å². The molecule has 0 aliphatic carbocycles. The molecule has 3 N–H and O–H groups in total. The van der Waals surface area contributed by atoms with Gasteiger partial charge in [0.05, 0.1) is 25.7 Å². The van der Waals surface area contributed by atoms with E-state index in [1.165, 1.54) is 13.3 Å². The predicted molar refractivity (Wildman–Crippen MR) is 92.9 cm³/mol. The lowest BCUT2D eigenvalue weighted by Crippen LogP contribution is -2.22. The van der Waals surface area contributed by atoms with E-state index in [0.29, 0.717) is 28.4 Å². The Morgan fingerprint density at radius 3 is 2.76 bits per heavy atom. The molecule has 0 bridgehead atoms. The van der Waals surface area contributed by atoms with Gasteiger partial charge in [0.2, 0.25) is 11.8 Å². The first-order chi connectivity index (χ1) is 12.0. The van der Waals surface area contributed by atoms with Gasteiger partial charge in [-0.1, -0.05) is 6.07 Å². The third-order valence-electron chi connectivity index (χ3n) is 4.13. The molecule has 1 atom stereocenters. The van der Waals surface area contributed by atoms with Crippen LogP contribution >= 0.6 is 0 Å². The standard InChI is InChI=1S/C17H16BN3O4/c1-23-12-6-8(5-10(18)15(12)24-2)13-9(7-19)16(20)25-11-3-4-21-17(22)14(11)13/h3-6,13H,18,20H2,1-2H3,(H,21,22). The first-order valence-electron chi connectivity index (χ1n) is 7.49. The molecule has 2 heterocycles. The number of fused-ring (bicyclic) bond motifs is 1. The predicted octanol–water partition coefficient (Wildman–Crippen LogP) is 0.281. The van der Waals surface area contributed by atoms with Gasteiger partial charge in [0.15, 0.2) is 11.5 Å². The minimum Gasteiger partial charge on any atom is -0.493 e. The fourth-order valence-corrected chi connectivity index (χ4v) is 3.07. The number of rotatable bonds is 3. The maximum Gasteiger partial charge on any atom is 0.218 e. The van der Waals surface area contributed by atoms with Gasteiger partial charge < -0.3 is 25.1 Å². The highest BCUT2D eigenvalue weighted by Gasteiger charge is 2.34. The number of methoxy groups -OCH3 is 2. The van der Waals surface area contributed by atoms with Crippen molar-refractivity contribution in [1.29, 1.82) is 5.26 Å². The van der Waals surface area contributed by atoms with Crippen LogP contribution in [-0.4, -0.2) is 32.2 Å². The molecule has 3 rings (SSSR count). The molecule has 8 heteroatoms. The molecule has 1 unspecified atom stereocenters. The average Bonchev–Trinajstić information content (AvgIpc) is 2.60. The summed E-state index contributed by atoms with van der Waals surface area (Å²) < 4.78 is 16.2. The zero-order valence-corrected chi connectivity index (χ0v) is 14.0. The lowest BCUT2D eigenvalue weighted by Gasteiger charge is -2.27. The monoisotopic (exact) mass is 337 g/mol. The summed E-state index contributed by atoms with van der Waals surface area (Å²) in [6.07, 6.45) is 1.41. The maximum atomic E-state index is 10.3. The van der Waals surface area contributed by atoms with Gasteiger partial charge in [-0.2, -0.15) is 5.26 Å². The first kappa shape index (κ1) is 16.5. The lowest BCUT2D eigenvalue weighted by molar-refractivity contribution is 0.356. The van der Waals surface area contributed by atoms with Gasteiger partial charge in [-0.3, -0.25) is 0 Å². The fraction of sp³-hybridized carbons (Fsp3) is 0.176. The van der Waals surface area contributed by atoms with Crippen molar-refractivity contribution >= 4 is 13.3 Å². The van der Waals surface area contributed by atoms with E-state index in [1.54, 1.807) is 19.2 Å². The largest absolute Gasteiger partial charge is 0.493 e. The van der Waals surface area contributed by atoms with Crippen molar-refractivity contribution in [3.05, 3.63) is 47.0 Å². The Kier molecular flexibility index (Phi) is 4.15. The number of aromatic nitrogens is 1. The van der Waals surface area contributed by atoms with Crippen LogP contribution in [0.2, 0.25) is 0 Å². The van der Waals surface area contributed by atoms with Gasteiger partial charge in [0.25, 0.3) is 0 Å². The second-order valence-electron chi connectivity index (χ2n) is 5.54. The minimum atomic E-state index is -0.624. The molecule has 126 valence electrons. The smallest absolute Gasteiger partial charge is 0.218 e. The van der Waals surface area contributed by atoms with Gasteiger partial charge in [-0.15, -0.1) is 0 Å². The van der Waals surface area contributed by atoms with Gasteiger partial charge in [-0.25, -0.2) is 4.98 Å². The number of nitrogens with two attached hydrogens (primary N) is 1. The quantitative estimate of drug-likeness (QED) is 0.774. The van der Waals surface area contributed by atoms with E-state index in [-0.39, 0.29) is 17.3 Å². The number of benzene rings is 1. The molecule has 1 aromatic carbocycles. The molecular weight excluding hydrogens is 321 g/mol. The highest BCUT2D eigenvalue weighted by molar-refractivity contribution is 6.34. The lowest BCUT2D eigenvalue weighted by atomic mass is 9.81. The minimum absolute atomic E-state index is 0.00182. The van der Waals surface area contributed by atoms with Gasteiger partial charge in [0, 0.05) is 6.20 Å². The Labute approximate surface area is 145 Å². The Morgan fingerprint density at radius 1 is 1.36 bits per heavy atom. The average molecular weight is 337 g/mol. The highest BCUT2D eigenvalue weighted by Crippen LogP contribution is 2.46. The van der Waals surface area contributed by atoms with Crippen LogP contribution < -0.4 is 25.4 Å². The number of aromatic hydroxyl groups is 1. The first-order valence-corrected chi connectivity index (χ1v) is 7.49. The van der Waals surface area contributed by atoms with Crippen LogP contribution in [0, 0.1) is 11.3 Å². The van der Waals surface area contributed by atoms with Crippen LogP contribution in [0.3, 0.4) is 0 Å². The fourth-order valence-electron chi connectivity index (χ4n) is 3.07. The molecule has 25 heavy (non-hydrogen) atoms. The third kappa shape index (κ3) is 2.60. The molecule has 0 spiro atoms. The topological polar surface area (TPSA) is 111 Å². The zero-order chi connectivity index (χ0) is 18.1. The summed E-state index contributed by atoms with van der Waals surface area (Å²) in [6, 6.07) is 7.28. The molecule has 1 aliphatic rings. The Bertz CT molecular complexity index is 921. The van der Waals surface area contributed by atoms with E-state index in [9.17, 15) is 10.4 Å². The molecule has 7 nitrogen and oxygen atoms in total. The van der Waals surface area contributed by atoms with E-state index in [2.05, 4.69) is 11.1 Å². The Morgan fingerprint density at radius 2 is 2.12 bits per heavy atom. The number of hydrogen-bond donors (Lipinski definition) is 2. The van der Waals surface area contributed by atoms with E-state index in [0.717, 1.165) is 5.46 Å². The molecule has 0 amide bonds. The van der Waals surface area contributed by atoms with E-state index >= 15 is 0 Å². The van der Waals surface area contributed by atoms with E-state index in [4.69, 9.17) is 19.9 Å². The van der Waals surface area contributed by atoms with Crippen LogP contribution in [0.15, 0.2) is 35.9 Å². The number of hydrogen-bond acceptors (Lipinski definition) is 7. The van der Waals surface area contributed by atoms with E-state index in [1.807, 2.05) is 13.9 Å². The highest BCUT2D eigenvalue weighted by atomic mass is 16.5. The Balaban J connectivity index is 2.29. The van der Waals surface area contributed by atoms with Crippen LogP contribution in [0.5, 0.6) is 23.1 Å². The molecule has 0 saturated carbocycles.